The molecular formula is C23H25BrClN3O. The minimum absolute atomic E-state index is 0.174. The van der Waals surface area contributed by atoms with E-state index in [1.165, 1.54) is 5.56 Å². The van der Waals surface area contributed by atoms with Crippen LogP contribution in [0.1, 0.15) is 50.3 Å². The Kier molecular flexibility index (Phi) is 4.88. The van der Waals surface area contributed by atoms with Crippen molar-refractivity contribution in [2.75, 3.05) is 13.1 Å². The molecular weight excluding hydrogens is 450 g/mol. The maximum atomic E-state index is 6.71. The van der Waals surface area contributed by atoms with Gasteiger partial charge in [-0.05, 0) is 38.1 Å². The molecule has 3 aliphatic heterocycles. The molecule has 1 atom stereocenters. The normalized spacial score (nSPS) is 23.0. The van der Waals surface area contributed by atoms with Crippen LogP contribution in [-0.4, -0.2) is 40.5 Å². The standard InChI is InChI=1S/C23H25BrClN3O/c1-15(2)27-11-9-23(10-12-27)28-21(18-13-16(24)7-8-22(18)29-23)14-20(26-28)17-5-3-4-6-19(17)25/h3-8,13,15,21H,9-12,14H2,1-2H3/t21-/m1/s1. The molecule has 3 aliphatic rings. The highest BCUT2D eigenvalue weighted by molar-refractivity contribution is 9.10. The van der Waals surface area contributed by atoms with Crippen molar-refractivity contribution in [3.8, 4) is 5.75 Å². The lowest BCUT2D eigenvalue weighted by molar-refractivity contribution is -0.152. The first-order chi connectivity index (χ1) is 14.0. The molecule has 4 nitrogen and oxygen atoms in total. The molecule has 5 rings (SSSR count). The van der Waals surface area contributed by atoms with Crippen molar-refractivity contribution >= 4 is 33.2 Å². The summed E-state index contributed by atoms with van der Waals surface area (Å²) in [7, 11) is 0. The Balaban J connectivity index is 1.56. The molecule has 0 N–H and O–H groups in total. The number of halogens is 2. The number of hydrogen-bond acceptors (Lipinski definition) is 4. The Labute approximate surface area is 185 Å². The van der Waals surface area contributed by atoms with Gasteiger partial charge in [-0.15, -0.1) is 0 Å². The first-order valence-electron chi connectivity index (χ1n) is 10.3. The summed E-state index contributed by atoms with van der Waals surface area (Å²) in [5.74, 6) is 0.989. The van der Waals surface area contributed by atoms with E-state index in [0.717, 1.165) is 58.9 Å². The van der Waals surface area contributed by atoms with E-state index in [1.54, 1.807) is 0 Å². The van der Waals surface area contributed by atoms with Crippen LogP contribution in [0.4, 0.5) is 0 Å². The summed E-state index contributed by atoms with van der Waals surface area (Å²) in [5.41, 5.74) is 2.87. The molecule has 1 fully saturated rings. The Hall–Kier alpha value is -1.56. The highest BCUT2D eigenvalue weighted by Gasteiger charge is 2.52. The highest BCUT2D eigenvalue weighted by Crippen LogP contribution is 2.50. The van der Waals surface area contributed by atoms with Crippen molar-refractivity contribution in [2.45, 2.75) is 50.9 Å². The van der Waals surface area contributed by atoms with E-state index in [4.69, 9.17) is 21.4 Å². The van der Waals surface area contributed by atoms with Gasteiger partial charge in [0.2, 0.25) is 5.72 Å². The van der Waals surface area contributed by atoms with Gasteiger partial charge in [-0.25, -0.2) is 5.01 Å². The second-order valence-corrected chi connectivity index (χ2v) is 9.77. The van der Waals surface area contributed by atoms with Crippen molar-refractivity contribution in [3.05, 3.63) is 63.1 Å². The molecule has 0 saturated carbocycles. The van der Waals surface area contributed by atoms with Crippen LogP contribution in [-0.2, 0) is 0 Å². The second-order valence-electron chi connectivity index (χ2n) is 8.45. The van der Waals surface area contributed by atoms with Crippen molar-refractivity contribution in [1.82, 2.24) is 9.91 Å². The molecule has 1 spiro atoms. The largest absolute Gasteiger partial charge is 0.466 e. The number of rotatable bonds is 2. The van der Waals surface area contributed by atoms with Crippen molar-refractivity contribution in [1.29, 1.82) is 0 Å². The topological polar surface area (TPSA) is 28.1 Å². The SMILES string of the molecule is CC(C)N1CCC2(CC1)Oc1ccc(Br)cc1[C@H]1CC(c3ccccc3Cl)=NN12. The van der Waals surface area contributed by atoms with Crippen LogP contribution in [0.5, 0.6) is 5.75 Å². The van der Waals surface area contributed by atoms with Crippen LogP contribution >= 0.6 is 27.5 Å². The van der Waals surface area contributed by atoms with Gasteiger partial charge in [0.15, 0.2) is 0 Å². The number of ether oxygens (including phenoxy) is 1. The fraction of sp³-hybridized carbons (Fsp3) is 0.435. The summed E-state index contributed by atoms with van der Waals surface area (Å²) >= 11 is 10.1. The zero-order chi connectivity index (χ0) is 20.2. The smallest absolute Gasteiger partial charge is 0.200 e. The van der Waals surface area contributed by atoms with E-state index < -0.39 is 0 Å². The van der Waals surface area contributed by atoms with E-state index in [9.17, 15) is 0 Å². The van der Waals surface area contributed by atoms with Crippen molar-refractivity contribution in [3.63, 3.8) is 0 Å². The number of likely N-dealkylation sites (tertiary alicyclic amines) is 1. The summed E-state index contributed by atoms with van der Waals surface area (Å²) in [4.78, 5) is 2.52. The lowest BCUT2D eigenvalue weighted by atomic mass is 9.90. The zero-order valence-corrected chi connectivity index (χ0v) is 19.1. The van der Waals surface area contributed by atoms with Gasteiger partial charge in [0, 0.05) is 59.0 Å². The van der Waals surface area contributed by atoms with E-state index in [2.05, 4.69) is 64.0 Å². The summed E-state index contributed by atoms with van der Waals surface area (Å²) in [6, 6.07) is 15.1. The van der Waals surface area contributed by atoms with Gasteiger partial charge in [0.25, 0.3) is 0 Å². The van der Waals surface area contributed by atoms with E-state index in [-0.39, 0.29) is 11.8 Å². The molecule has 152 valence electrons. The molecule has 1 saturated heterocycles. The number of hydrogen-bond donors (Lipinski definition) is 0. The molecule has 2 aromatic carbocycles. The van der Waals surface area contributed by atoms with E-state index >= 15 is 0 Å². The van der Waals surface area contributed by atoms with Gasteiger partial charge >= 0.3 is 0 Å². The lowest BCUT2D eigenvalue weighted by Gasteiger charge is -2.51. The minimum atomic E-state index is -0.389. The number of nitrogens with zero attached hydrogens (tertiary/aromatic N) is 3. The van der Waals surface area contributed by atoms with Crippen LogP contribution in [0, 0.1) is 0 Å². The number of piperidine rings is 1. The van der Waals surface area contributed by atoms with E-state index in [0.29, 0.717) is 6.04 Å². The van der Waals surface area contributed by atoms with Crippen LogP contribution in [0.25, 0.3) is 0 Å². The third kappa shape index (κ3) is 3.28. The van der Waals surface area contributed by atoms with Crippen LogP contribution < -0.4 is 4.74 Å². The molecule has 2 aromatic rings. The monoisotopic (exact) mass is 473 g/mol. The molecule has 0 bridgehead atoms. The second kappa shape index (κ2) is 7.29. The molecule has 0 unspecified atom stereocenters. The fourth-order valence-corrected chi connectivity index (χ4v) is 5.45. The van der Waals surface area contributed by atoms with E-state index in [1.807, 2.05) is 18.2 Å². The number of fused-ring (bicyclic) bond motifs is 4. The Morgan fingerprint density at radius 1 is 1.17 bits per heavy atom. The molecule has 0 aromatic heterocycles. The molecule has 29 heavy (non-hydrogen) atoms. The maximum absolute atomic E-state index is 6.71. The Morgan fingerprint density at radius 3 is 2.66 bits per heavy atom. The summed E-state index contributed by atoms with van der Waals surface area (Å²) in [6.45, 7) is 6.56. The van der Waals surface area contributed by atoms with Gasteiger partial charge in [-0.1, -0.05) is 45.7 Å². The third-order valence-corrected chi connectivity index (χ3v) is 7.28. The molecule has 0 radical (unpaired) electrons. The average molecular weight is 475 g/mol. The van der Waals surface area contributed by atoms with Gasteiger partial charge in [0.05, 0.1) is 11.8 Å². The van der Waals surface area contributed by atoms with Gasteiger partial charge in [-0.2, -0.15) is 5.10 Å². The quantitative estimate of drug-likeness (QED) is 0.547. The fourth-order valence-electron chi connectivity index (χ4n) is 4.83. The van der Waals surface area contributed by atoms with Crippen LogP contribution in [0.15, 0.2) is 52.0 Å². The van der Waals surface area contributed by atoms with Crippen LogP contribution in [0.2, 0.25) is 5.02 Å². The maximum Gasteiger partial charge on any atom is 0.200 e. The Bertz CT molecular complexity index is 968. The van der Waals surface area contributed by atoms with Crippen molar-refractivity contribution < 1.29 is 4.74 Å². The van der Waals surface area contributed by atoms with Gasteiger partial charge < -0.3 is 9.64 Å². The van der Waals surface area contributed by atoms with Gasteiger partial charge in [0.1, 0.15) is 5.75 Å². The number of hydrazone groups is 1. The zero-order valence-electron chi connectivity index (χ0n) is 16.7. The third-order valence-electron chi connectivity index (χ3n) is 6.45. The predicted molar refractivity (Wildman–Crippen MR) is 121 cm³/mol. The first kappa shape index (κ1) is 19.4. The summed E-state index contributed by atoms with van der Waals surface area (Å²) in [5, 5.41) is 8.13. The lowest BCUT2D eigenvalue weighted by Crippen LogP contribution is -2.59. The Morgan fingerprint density at radius 2 is 1.93 bits per heavy atom. The summed E-state index contributed by atoms with van der Waals surface area (Å²) in [6.07, 6.45) is 2.72. The van der Waals surface area contributed by atoms with Crippen molar-refractivity contribution in [2.24, 2.45) is 5.10 Å². The molecule has 0 amide bonds. The first-order valence-corrected chi connectivity index (χ1v) is 11.5. The highest BCUT2D eigenvalue weighted by atomic mass is 79.9. The molecule has 0 aliphatic carbocycles. The minimum Gasteiger partial charge on any atom is -0.466 e. The average Bonchev–Trinajstić information content (AvgIpc) is 3.16. The van der Waals surface area contributed by atoms with Crippen LogP contribution in [0.3, 0.4) is 0 Å². The predicted octanol–water partition coefficient (Wildman–Crippen LogP) is 5.85. The number of benzene rings is 2. The van der Waals surface area contributed by atoms with Gasteiger partial charge in [-0.3, -0.25) is 0 Å². The molecule has 6 heteroatoms. The summed E-state index contributed by atoms with van der Waals surface area (Å²) < 4.78 is 7.78. The molecule has 3 heterocycles.